The summed E-state index contributed by atoms with van der Waals surface area (Å²) < 4.78 is 0. The molecule has 3 nitrogen and oxygen atoms in total. The molecule has 0 amide bonds. The number of carbonyl (C=O) groups is 1. The highest BCUT2D eigenvalue weighted by Gasteiger charge is 2.38. The van der Waals surface area contributed by atoms with Crippen molar-refractivity contribution in [2.24, 2.45) is 10.7 Å². The van der Waals surface area contributed by atoms with Crippen LogP contribution in [0.4, 0.5) is 0 Å². The first kappa shape index (κ1) is 16.8. The van der Waals surface area contributed by atoms with E-state index in [0.29, 0.717) is 17.3 Å². The first-order chi connectivity index (χ1) is 10.2. The molecular weight excluding hydrogens is 360 g/mol. The van der Waals surface area contributed by atoms with Gasteiger partial charge in [0.05, 0.1) is 0 Å². The highest BCUT2D eigenvalue weighted by atomic mass is 79.9. The lowest BCUT2D eigenvalue weighted by molar-refractivity contribution is 0.0957. The molecule has 3 rings (SSSR count). The quantitative estimate of drug-likeness (QED) is 0.825. The van der Waals surface area contributed by atoms with Gasteiger partial charge in [0.25, 0.3) is 0 Å². The molecule has 0 aromatic heterocycles. The maximum atomic E-state index is 12.6. The topological polar surface area (TPSA) is 55.4 Å². The van der Waals surface area contributed by atoms with Gasteiger partial charge in [0.15, 0.2) is 11.0 Å². The number of halogens is 1. The molecule has 114 valence electrons. The number of nitrogens with two attached hydrogens (primary N) is 1. The van der Waals surface area contributed by atoms with Crippen LogP contribution in [-0.2, 0) is 5.54 Å². The van der Waals surface area contributed by atoms with Crippen molar-refractivity contribution in [3.05, 3.63) is 71.8 Å². The Balaban J connectivity index is 0.00000176. The third kappa shape index (κ3) is 3.42. The summed E-state index contributed by atoms with van der Waals surface area (Å²) in [7, 11) is 0. The number of benzene rings is 2. The molecule has 0 saturated carbocycles. The Bertz CT molecular complexity index is 676. The zero-order valence-electron chi connectivity index (χ0n) is 11.9. The van der Waals surface area contributed by atoms with Crippen molar-refractivity contribution < 1.29 is 4.79 Å². The van der Waals surface area contributed by atoms with Crippen molar-refractivity contribution >= 4 is 39.7 Å². The summed E-state index contributed by atoms with van der Waals surface area (Å²) in [5.74, 6) is 0.806. The van der Waals surface area contributed by atoms with Crippen molar-refractivity contribution in [1.82, 2.24) is 0 Å². The average Bonchev–Trinajstić information content (AvgIpc) is 2.91. The Morgan fingerprint density at radius 1 is 1.09 bits per heavy atom. The number of rotatable bonds is 4. The molecule has 0 bridgehead atoms. The fourth-order valence-electron chi connectivity index (χ4n) is 2.55. The average molecular weight is 377 g/mol. The predicted octanol–water partition coefficient (Wildman–Crippen LogP) is 3.79. The highest BCUT2D eigenvalue weighted by Crippen LogP contribution is 2.39. The van der Waals surface area contributed by atoms with Crippen molar-refractivity contribution in [3.63, 3.8) is 0 Å². The molecule has 0 saturated heterocycles. The van der Waals surface area contributed by atoms with Crippen molar-refractivity contribution in [2.75, 3.05) is 5.75 Å². The van der Waals surface area contributed by atoms with Crippen LogP contribution in [0.1, 0.15) is 22.3 Å². The number of thioether (sulfide) groups is 1. The normalized spacial score (nSPS) is 20.1. The second-order valence-corrected chi connectivity index (χ2v) is 6.10. The van der Waals surface area contributed by atoms with E-state index in [0.717, 1.165) is 11.1 Å². The van der Waals surface area contributed by atoms with Crippen LogP contribution >= 0.6 is 28.7 Å². The number of ketones is 1. The molecule has 0 aliphatic carbocycles. The van der Waals surface area contributed by atoms with Gasteiger partial charge < -0.3 is 5.73 Å². The minimum Gasteiger partial charge on any atom is -0.379 e. The number of hydrogen-bond donors (Lipinski definition) is 1. The van der Waals surface area contributed by atoms with Crippen LogP contribution < -0.4 is 5.73 Å². The van der Waals surface area contributed by atoms with Gasteiger partial charge >= 0.3 is 0 Å². The van der Waals surface area contributed by atoms with Crippen molar-refractivity contribution in [1.29, 1.82) is 0 Å². The molecular formula is C17H17BrN2OS. The second-order valence-electron chi connectivity index (χ2n) is 5.10. The Labute approximate surface area is 144 Å². The monoisotopic (exact) mass is 376 g/mol. The zero-order chi connectivity index (χ0) is 14.7. The lowest BCUT2D eigenvalue weighted by Crippen LogP contribution is -2.28. The van der Waals surface area contributed by atoms with Gasteiger partial charge in [-0.1, -0.05) is 72.4 Å². The SMILES string of the molecule is Br.NC1=NC(CC(=O)c2ccccc2)(c2ccccc2)CS1. The second kappa shape index (κ2) is 7.11. The summed E-state index contributed by atoms with van der Waals surface area (Å²) in [6.07, 6.45) is 0.342. The number of hydrogen-bond acceptors (Lipinski definition) is 4. The van der Waals surface area contributed by atoms with Gasteiger partial charge in [0.2, 0.25) is 0 Å². The highest BCUT2D eigenvalue weighted by molar-refractivity contribution is 8.93. The zero-order valence-corrected chi connectivity index (χ0v) is 14.5. The molecule has 2 N–H and O–H groups in total. The summed E-state index contributed by atoms with van der Waals surface area (Å²) in [5, 5.41) is 0.555. The fourth-order valence-corrected chi connectivity index (χ4v) is 3.51. The van der Waals surface area contributed by atoms with E-state index >= 15 is 0 Å². The van der Waals surface area contributed by atoms with E-state index in [1.807, 2.05) is 60.7 Å². The molecule has 2 aromatic rings. The first-order valence-electron chi connectivity index (χ1n) is 6.81. The summed E-state index contributed by atoms with van der Waals surface area (Å²) >= 11 is 1.51. The molecule has 22 heavy (non-hydrogen) atoms. The molecule has 0 spiro atoms. The standard InChI is InChI=1S/C17H16N2OS.BrH/c18-16-19-17(12-21-16,14-9-5-2-6-10-14)11-15(20)13-7-3-1-4-8-13;/h1-10H,11-12H2,(H2,18,19);1H. The van der Waals surface area contributed by atoms with E-state index in [9.17, 15) is 4.79 Å². The van der Waals surface area contributed by atoms with E-state index in [-0.39, 0.29) is 22.8 Å². The van der Waals surface area contributed by atoms with E-state index < -0.39 is 5.54 Å². The molecule has 5 heteroatoms. The molecule has 1 aliphatic rings. The fraction of sp³-hybridized carbons (Fsp3) is 0.176. The summed E-state index contributed by atoms with van der Waals surface area (Å²) in [6, 6.07) is 19.3. The minimum absolute atomic E-state index is 0. The van der Waals surface area contributed by atoms with Gasteiger partial charge in [-0.25, -0.2) is 4.99 Å². The van der Waals surface area contributed by atoms with Gasteiger partial charge in [-0.15, -0.1) is 17.0 Å². The first-order valence-corrected chi connectivity index (χ1v) is 7.80. The Morgan fingerprint density at radius 2 is 1.68 bits per heavy atom. The van der Waals surface area contributed by atoms with Gasteiger partial charge in [-0.05, 0) is 5.56 Å². The van der Waals surface area contributed by atoms with Gasteiger partial charge in [-0.3, -0.25) is 4.79 Å². The van der Waals surface area contributed by atoms with Crippen LogP contribution in [0.5, 0.6) is 0 Å². The van der Waals surface area contributed by atoms with Crippen molar-refractivity contribution in [3.8, 4) is 0 Å². The maximum Gasteiger partial charge on any atom is 0.165 e. The van der Waals surface area contributed by atoms with Gasteiger partial charge in [0, 0.05) is 17.7 Å². The predicted molar refractivity (Wildman–Crippen MR) is 97.9 cm³/mol. The summed E-state index contributed by atoms with van der Waals surface area (Å²) in [6.45, 7) is 0. The van der Waals surface area contributed by atoms with E-state index in [1.54, 1.807) is 0 Å². The van der Waals surface area contributed by atoms with Crippen LogP contribution in [-0.4, -0.2) is 16.7 Å². The third-order valence-electron chi connectivity index (χ3n) is 3.64. The van der Waals surface area contributed by atoms with Crippen LogP contribution in [0.25, 0.3) is 0 Å². The van der Waals surface area contributed by atoms with Crippen molar-refractivity contribution in [2.45, 2.75) is 12.0 Å². The molecule has 1 aliphatic heterocycles. The number of amidine groups is 1. The lowest BCUT2D eigenvalue weighted by Gasteiger charge is -2.25. The van der Waals surface area contributed by atoms with E-state index in [1.165, 1.54) is 11.8 Å². The molecule has 2 aromatic carbocycles. The van der Waals surface area contributed by atoms with Crippen LogP contribution in [0.15, 0.2) is 65.7 Å². The van der Waals surface area contributed by atoms with E-state index in [4.69, 9.17) is 5.73 Å². The third-order valence-corrected chi connectivity index (χ3v) is 4.65. The van der Waals surface area contributed by atoms with Crippen LogP contribution in [0.3, 0.4) is 0 Å². The smallest absolute Gasteiger partial charge is 0.165 e. The Morgan fingerprint density at radius 3 is 2.23 bits per heavy atom. The maximum absolute atomic E-state index is 12.6. The Kier molecular flexibility index (Phi) is 5.42. The molecule has 1 atom stereocenters. The van der Waals surface area contributed by atoms with Gasteiger partial charge in [-0.2, -0.15) is 0 Å². The minimum atomic E-state index is -0.539. The van der Waals surface area contributed by atoms with Crippen LogP contribution in [0.2, 0.25) is 0 Å². The van der Waals surface area contributed by atoms with Gasteiger partial charge in [0.1, 0.15) is 5.54 Å². The van der Waals surface area contributed by atoms with Crippen LogP contribution in [0, 0.1) is 0 Å². The lowest BCUT2D eigenvalue weighted by atomic mass is 9.86. The number of Topliss-reactive ketones (excluding diaryl/α,β-unsaturated/α-hetero) is 1. The number of carbonyl (C=O) groups excluding carboxylic acids is 1. The number of nitrogens with zero attached hydrogens (tertiary/aromatic N) is 1. The molecule has 1 unspecified atom stereocenters. The molecule has 0 fully saturated rings. The molecule has 0 radical (unpaired) electrons. The largest absolute Gasteiger partial charge is 0.379 e. The summed E-state index contributed by atoms with van der Waals surface area (Å²) in [5.41, 5.74) is 7.09. The Hall–Kier alpha value is -1.59. The number of aliphatic imine (C=N–C) groups is 1. The molecule has 1 heterocycles. The van der Waals surface area contributed by atoms with E-state index in [2.05, 4.69) is 4.99 Å². The summed E-state index contributed by atoms with van der Waals surface area (Å²) in [4.78, 5) is 17.2.